The molecule has 230 valence electrons. The summed E-state index contributed by atoms with van der Waals surface area (Å²) in [6.07, 6.45) is 3.56. The number of aliphatic carboxylic acids is 3. The molecule has 3 atom stereocenters. The van der Waals surface area contributed by atoms with Crippen molar-refractivity contribution >= 4 is 29.9 Å². The summed E-state index contributed by atoms with van der Waals surface area (Å²) in [6.45, 7) is 2.32. The smallest absolute Gasteiger partial charge is 0.377 e. The Kier molecular flexibility index (Phi) is 10.3. The van der Waals surface area contributed by atoms with Gasteiger partial charge in [0.25, 0.3) is 5.91 Å². The lowest BCUT2D eigenvalue weighted by atomic mass is 9.85. The second-order valence-corrected chi connectivity index (χ2v) is 10.6. The first-order valence-electron chi connectivity index (χ1n) is 14.2. The monoisotopic (exact) mass is 601 g/mol. The average Bonchev–Trinajstić information content (AvgIpc) is 3.48. The lowest BCUT2D eigenvalue weighted by Crippen LogP contribution is -2.52. The highest BCUT2D eigenvalue weighted by Crippen LogP contribution is 2.33. The number of carboxylic acids is 3. The molecular formula is C34H35NO9. The van der Waals surface area contributed by atoms with Crippen molar-refractivity contribution in [1.29, 1.82) is 0 Å². The molecule has 1 heterocycles. The van der Waals surface area contributed by atoms with Crippen LogP contribution in [0.4, 0.5) is 0 Å². The Morgan fingerprint density at radius 2 is 1.61 bits per heavy atom. The van der Waals surface area contributed by atoms with E-state index >= 15 is 0 Å². The number of carbonyl (C=O) groups excluding carboxylic acids is 1. The molecule has 0 bridgehead atoms. The number of nitrogens with zero attached hydrogens (tertiary/aromatic N) is 1. The van der Waals surface area contributed by atoms with Gasteiger partial charge in [0, 0.05) is 12.0 Å². The van der Waals surface area contributed by atoms with Crippen LogP contribution < -0.4 is 0 Å². The maximum Gasteiger partial charge on any atom is 0.377 e. The minimum Gasteiger partial charge on any atom is -0.480 e. The average molecular weight is 602 g/mol. The first-order chi connectivity index (χ1) is 21.1. The first-order valence-corrected chi connectivity index (χ1v) is 14.2. The molecule has 0 saturated carbocycles. The maximum absolute atomic E-state index is 13.7. The van der Waals surface area contributed by atoms with Gasteiger partial charge in [-0.25, -0.2) is 9.59 Å². The first kappa shape index (κ1) is 32.1. The molecule has 1 aliphatic rings. The van der Waals surface area contributed by atoms with Gasteiger partial charge in [0.05, 0.1) is 6.61 Å². The van der Waals surface area contributed by atoms with Crippen LogP contribution >= 0.6 is 0 Å². The van der Waals surface area contributed by atoms with Crippen LogP contribution in [-0.4, -0.2) is 75.1 Å². The molecule has 1 aliphatic heterocycles. The zero-order chi connectivity index (χ0) is 31.9. The predicted molar refractivity (Wildman–Crippen MR) is 162 cm³/mol. The molecule has 3 N–H and O–H groups in total. The molecule has 3 unspecified atom stereocenters. The van der Waals surface area contributed by atoms with Crippen molar-refractivity contribution in [2.24, 2.45) is 0 Å². The third-order valence-electron chi connectivity index (χ3n) is 7.75. The SMILES string of the molecule is CC=Cc1cccc(-c2ccc(C(CCc3ccccc3)C(C)N(CC(=O)O)C(=O)C3COC(C(=O)O)(C(=O)O)O3)cc2)c1. The summed E-state index contributed by atoms with van der Waals surface area (Å²) in [5, 5.41) is 28.6. The van der Waals surface area contributed by atoms with E-state index in [1.165, 1.54) is 0 Å². The fraction of sp³-hybridized carbons (Fsp3) is 0.294. The Morgan fingerprint density at radius 1 is 0.932 bits per heavy atom. The van der Waals surface area contributed by atoms with E-state index < -0.39 is 54.9 Å². The van der Waals surface area contributed by atoms with Gasteiger partial charge in [-0.3, -0.25) is 9.59 Å². The highest BCUT2D eigenvalue weighted by atomic mass is 16.8. The second-order valence-electron chi connectivity index (χ2n) is 10.6. The molecular weight excluding hydrogens is 566 g/mol. The van der Waals surface area contributed by atoms with E-state index in [1.54, 1.807) is 6.92 Å². The molecule has 3 aromatic carbocycles. The zero-order valence-corrected chi connectivity index (χ0v) is 24.5. The van der Waals surface area contributed by atoms with E-state index in [0.29, 0.717) is 12.8 Å². The second kappa shape index (κ2) is 14.1. The summed E-state index contributed by atoms with van der Waals surface area (Å²) in [7, 11) is 0. The minimum atomic E-state index is -3.05. The number of amides is 1. The van der Waals surface area contributed by atoms with Crippen LogP contribution in [-0.2, 0) is 35.1 Å². The van der Waals surface area contributed by atoms with Gasteiger partial charge in [-0.05, 0) is 60.6 Å². The Balaban J connectivity index is 1.66. The van der Waals surface area contributed by atoms with Crippen LogP contribution in [0.2, 0.25) is 0 Å². The number of hydrogen-bond acceptors (Lipinski definition) is 6. The van der Waals surface area contributed by atoms with Gasteiger partial charge in [-0.15, -0.1) is 0 Å². The van der Waals surface area contributed by atoms with Crippen LogP contribution in [0.25, 0.3) is 17.2 Å². The summed E-state index contributed by atoms with van der Waals surface area (Å²) in [6, 6.07) is 25.0. The summed E-state index contributed by atoms with van der Waals surface area (Å²) in [5.74, 6) is -9.39. The van der Waals surface area contributed by atoms with Gasteiger partial charge in [0.15, 0.2) is 6.10 Å². The molecule has 0 aliphatic carbocycles. The fourth-order valence-electron chi connectivity index (χ4n) is 5.46. The highest BCUT2D eigenvalue weighted by Gasteiger charge is 2.58. The minimum absolute atomic E-state index is 0.340. The number of benzene rings is 3. The Morgan fingerprint density at radius 3 is 2.20 bits per heavy atom. The van der Waals surface area contributed by atoms with Crippen molar-refractivity contribution in [1.82, 2.24) is 4.90 Å². The summed E-state index contributed by atoms with van der Waals surface area (Å²) in [4.78, 5) is 50.0. The van der Waals surface area contributed by atoms with Crippen molar-refractivity contribution in [3.8, 4) is 11.1 Å². The zero-order valence-electron chi connectivity index (χ0n) is 24.5. The van der Waals surface area contributed by atoms with Crippen LogP contribution in [0.3, 0.4) is 0 Å². The summed E-state index contributed by atoms with van der Waals surface area (Å²) >= 11 is 0. The van der Waals surface area contributed by atoms with Crippen molar-refractivity contribution in [2.75, 3.05) is 13.2 Å². The molecule has 0 aromatic heterocycles. The molecule has 44 heavy (non-hydrogen) atoms. The largest absolute Gasteiger partial charge is 0.480 e. The number of carboxylic acid groups (broad SMARTS) is 3. The van der Waals surface area contributed by atoms with E-state index in [1.807, 2.05) is 91.9 Å². The topological polar surface area (TPSA) is 151 Å². The van der Waals surface area contributed by atoms with E-state index in [-0.39, 0.29) is 5.92 Å². The van der Waals surface area contributed by atoms with Gasteiger partial charge in [0.2, 0.25) is 0 Å². The maximum atomic E-state index is 13.7. The lowest BCUT2D eigenvalue weighted by molar-refractivity contribution is -0.218. The Hall–Kier alpha value is -4.80. The summed E-state index contributed by atoms with van der Waals surface area (Å²) in [5.41, 5.74) is 5.03. The third-order valence-corrected chi connectivity index (χ3v) is 7.75. The van der Waals surface area contributed by atoms with Crippen LogP contribution in [0.5, 0.6) is 0 Å². The van der Waals surface area contributed by atoms with Crippen molar-refractivity contribution in [2.45, 2.75) is 50.5 Å². The molecule has 0 spiro atoms. The molecule has 0 radical (unpaired) electrons. The Labute approximate surface area is 255 Å². The van der Waals surface area contributed by atoms with Gasteiger partial charge < -0.3 is 29.7 Å². The van der Waals surface area contributed by atoms with E-state index in [4.69, 9.17) is 9.47 Å². The van der Waals surface area contributed by atoms with Gasteiger partial charge in [-0.1, -0.05) is 84.9 Å². The molecule has 1 saturated heterocycles. The number of allylic oxidation sites excluding steroid dienone is 1. The quantitative estimate of drug-likeness (QED) is 0.237. The Bertz CT molecular complexity index is 1500. The number of carbonyl (C=O) groups is 4. The van der Waals surface area contributed by atoms with Gasteiger partial charge in [0.1, 0.15) is 6.54 Å². The third kappa shape index (κ3) is 7.21. The number of aryl methyl sites for hydroxylation is 1. The fourth-order valence-corrected chi connectivity index (χ4v) is 5.46. The molecule has 3 aromatic rings. The summed E-state index contributed by atoms with van der Waals surface area (Å²) < 4.78 is 10.1. The molecule has 1 fully saturated rings. The van der Waals surface area contributed by atoms with Gasteiger partial charge in [-0.2, -0.15) is 0 Å². The lowest BCUT2D eigenvalue weighted by Gasteiger charge is -2.35. The normalized spacial score (nSPS) is 17.2. The van der Waals surface area contributed by atoms with Gasteiger partial charge >= 0.3 is 23.7 Å². The van der Waals surface area contributed by atoms with Crippen LogP contribution in [0.15, 0.2) is 84.9 Å². The van der Waals surface area contributed by atoms with E-state index in [9.17, 15) is 34.5 Å². The number of hydrogen-bond donors (Lipinski definition) is 3. The van der Waals surface area contributed by atoms with Crippen LogP contribution in [0.1, 0.15) is 42.9 Å². The number of ether oxygens (including phenoxy) is 2. The van der Waals surface area contributed by atoms with Crippen molar-refractivity contribution < 1.29 is 44.0 Å². The molecule has 10 nitrogen and oxygen atoms in total. The molecule has 1 amide bonds. The van der Waals surface area contributed by atoms with Crippen LogP contribution in [0, 0.1) is 0 Å². The van der Waals surface area contributed by atoms with Crippen molar-refractivity contribution in [3.63, 3.8) is 0 Å². The van der Waals surface area contributed by atoms with E-state index in [2.05, 4.69) is 6.07 Å². The standard InChI is InChI=1S/C34H35NO9/c1-3-8-24-11-7-12-27(19-24)25-14-16-26(17-15-25)28(18-13-23-9-5-4-6-10-23)22(2)35(20-30(36)37)31(38)29-21-43-34(44-29,32(39)40)33(41)42/h3-12,14-17,19,22,28-29H,13,18,20-21H2,1-2H3,(H,36,37)(H,39,40)(H,41,42). The van der Waals surface area contributed by atoms with E-state index in [0.717, 1.165) is 32.7 Å². The van der Waals surface area contributed by atoms with Crippen molar-refractivity contribution in [3.05, 3.63) is 102 Å². The predicted octanol–water partition coefficient (Wildman–Crippen LogP) is 4.69. The highest BCUT2D eigenvalue weighted by molar-refractivity contribution is 6.01. The molecule has 10 heteroatoms. The number of rotatable bonds is 13. The molecule has 4 rings (SSSR count).